The smallest absolute Gasteiger partial charge is 0.329 e. The van der Waals surface area contributed by atoms with Crippen LogP contribution in [-0.2, 0) is 4.79 Å². The fourth-order valence-electron chi connectivity index (χ4n) is 1.44. The van der Waals surface area contributed by atoms with Gasteiger partial charge in [-0.1, -0.05) is 6.92 Å². The Morgan fingerprint density at radius 2 is 2.35 bits per heavy atom. The summed E-state index contributed by atoms with van der Waals surface area (Å²) in [6.07, 6.45) is 1.91. The minimum absolute atomic E-state index is 0.470. The van der Waals surface area contributed by atoms with E-state index < -0.39 is 11.5 Å². The lowest BCUT2D eigenvalue weighted by molar-refractivity contribution is -0.141. The number of fused-ring (bicyclic) bond motifs is 1. The van der Waals surface area contributed by atoms with Crippen molar-refractivity contribution in [3.05, 3.63) is 17.8 Å². The predicted octanol–water partition coefficient (Wildman–Crippen LogP) is 2.36. The summed E-state index contributed by atoms with van der Waals surface area (Å²) in [5.74, 6) is -0.315. The van der Waals surface area contributed by atoms with Gasteiger partial charge in [-0.05, 0) is 24.8 Å². The summed E-state index contributed by atoms with van der Waals surface area (Å²) < 4.78 is 0. The molecule has 0 saturated carbocycles. The van der Waals surface area contributed by atoms with E-state index in [-0.39, 0.29) is 0 Å². The summed E-state index contributed by atoms with van der Waals surface area (Å²) in [6, 6.07) is 1.89. The predicted molar refractivity (Wildman–Crippen MR) is 67.4 cm³/mol. The molecule has 0 fully saturated rings. The first-order valence-electron chi connectivity index (χ1n) is 5.26. The highest BCUT2D eigenvalue weighted by atomic mass is 32.1. The number of hydrogen-bond donors (Lipinski definition) is 2. The summed E-state index contributed by atoms with van der Waals surface area (Å²) in [6.45, 7) is 3.47. The number of rotatable bonds is 4. The molecule has 2 aromatic rings. The molecule has 90 valence electrons. The third-order valence-corrected chi connectivity index (χ3v) is 3.66. The Labute approximate surface area is 103 Å². The Balaban J connectivity index is 2.41. The lowest BCUT2D eigenvalue weighted by Crippen LogP contribution is -2.43. The van der Waals surface area contributed by atoms with Crippen LogP contribution in [-0.4, -0.2) is 26.6 Å². The van der Waals surface area contributed by atoms with Crippen LogP contribution in [0.25, 0.3) is 10.2 Å². The Bertz CT molecular complexity index is 554. The average Bonchev–Trinajstić information content (AvgIpc) is 2.77. The summed E-state index contributed by atoms with van der Waals surface area (Å²) in [5.41, 5.74) is -1.01. The van der Waals surface area contributed by atoms with Gasteiger partial charge in [-0.3, -0.25) is 0 Å². The van der Waals surface area contributed by atoms with Crippen molar-refractivity contribution in [1.29, 1.82) is 0 Å². The van der Waals surface area contributed by atoms with Crippen molar-refractivity contribution < 1.29 is 9.90 Å². The van der Waals surface area contributed by atoms with Crippen LogP contribution < -0.4 is 5.32 Å². The van der Waals surface area contributed by atoms with Gasteiger partial charge in [0.25, 0.3) is 0 Å². The van der Waals surface area contributed by atoms with Crippen molar-refractivity contribution in [1.82, 2.24) is 9.97 Å². The maximum atomic E-state index is 11.2. The van der Waals surface area contributed by atoms with Gasteiger partial charge in [0.1, 0.15) is 22.5 Å². The van der Waals surface area contributed by atoms with Gasteiger partial charge in [0.2, 0.25) is 0 Å². The number of nitrogens with zero attached hydrogens (tertiary/aromatic N) is 2. The number of nitrogens with one attached hydrogen (secondary N) is 1. The van der Waals surface area contributed by atoms with E-state index in [1.807, 2.05) is 18.4 Å². The van der Waals surface area contributed by atoms with Gasteiger partial charge in [-0.2, -0.15) is 0 Å². The molecule has 0 aliphatic heterocycles. The molecule has 0 spiro atoms. The van der Waals surface area contributed by atoms with Crippen molar-refractivity contribution in [3.63, 3.8) is 0 Å². The summed E-state index contributed by atoms with van der Waals surface area (Å²) in [4.78, 5) is 20.3. The number of anilines is 1. The van der Waals surface area contributed by atoms with Crippen molar-refractivity contribution >= 4 is 33.3 Å². The molecule has 17 heavy (non-hydrogen) atoms. The molecule has 2 N–H and O–H groups in total. The molecular formula is C11H13N3O2S. The Kier molecular flexibility index (Phi) is 2.97. The van der Waals surface area contributed by atoms with Gasteiger partial charge in [-0.25, -0.2) is 14.8 Å². The number of carboxylic acid groups (broad SMARTS) is 1. The maximum Gasteiger partial charge on any atom is 0.329 e. The second-order valence-electron chi connectivity index (χ2n) is 3.98. The molecule has 0 saturated heterocycles. The lowest BCUT2D eigenvalue weighted by atomic mass is 9.99. The van der Waals surface area contributed by atoms with Crippen LogP contribution in [0, 0.1) is 0 Å². The normalized spacial score (nSPS) is 14.5. The van der Waals surface area contributed by atoms with E-state index in [9.17, 15) is 9.90 Å². The SMILES string of the molecule is CCC(C)(Nc1ncnc2sccc12)C(=O)O. The number of aliphatic carboxylic acids is 1. The van der Waals surface area contributed by atoms with Crippen LogP contribution in [0.1, 0.15) is 20.3 Å². The summed E-state index contributed by atoms with van der Waals surface area (Å²) in [7, 11) is 0. The van der Waals surface area contributed by atoms with E-state index in [2.05, 4.69) is 15.3 Å². The third-order valence-electron chi connectivity index (χ3n) is 2.84. The molecular weight excluding hydrogens is 238 g/mol. The largest absolute Gasteiger partial charge is 0.480 e. The van der Waals surface area contributed by atoms with E-state index >= 15 is 0 Å². The van der Waals surface area contributed by atoms with Gasteiger partial charge >= 0.3 is 5.97 Å². The second kappa shape index (κ2) is 4.29. The van der Waals surface area contributed by atoms with Gasteiger partial charge in [0.15, 0.2) is 0 Å². The number of carboxylic acids is 1. The fourth-order valence-corrected chi connectivity index (χ4v) is 2.18. The first kappa shape index (κ1) is 11.8. The zero-order chi connectivity index (χ0) is 12.5. The second-order valence-corrected chi connectivity index (χ2v) is 4.87. The van der Waals surface area contributed by atoms with Gasteiger partial charge in [0.05, 0.1) is 5.39 Å². The molecule has 2 rings (SSSR count). The third kappa shape index (κ3) is 2.08. The molecule has 2 heterocycles. The molecule has 1 atom stereocenters. The Hall–Kier alpha value is -1.69. The number of aromatic nitrogens is 2. The van der Waals surface area contributed by atoms with Crippen LogP contribution in [0.5, 0.6) is 0 Å². The van der Waals surface area contributed by atoms with Crippen molar-refractivity contribution in [3.8, 4) is 0 Å². The van der Waals surface area contributed by atoms with Crippen LogP contribution in [0.3, 0.4) is 0 Å². The molecule has 0 bridgehead atoms. The minimum atomic E-state index is -1.01. The van der Waals surface area contributed by atoms with Crippen LogP contribution >= 0.6 is 11.3 Å². The van der Waals surface area contributed by atoms with E-state index in [4.69, 9.17) is 0 Å². The fraction of sp³-hybridized carbons (Fsp3) is 0.364. The van der Waals surface area contributed by atoms with Crippen LogP contribution in [0.4, 0.5) is 5.82 Å². The lowest BCUT2D eigenvalue weighted by Gasteiger charge is -2.25. The topological polar surface area (TPSA) is 75.1 Å². The van der Waals surface area contributed by atoms with Crippen molar-refractivity contribution in [2.45, 2.75) is 25.8 Å². The van der Waals surface area contributed by atoms with Crippen molar-refractivity contribution in [2.75, 3.05) is 5.32 Å². The van der Waals surface area contributed by atoms with E-state index in [0.717, 1.165) is 10.2 Å². The number of hydrogen-bond acceptors (Lipinski definition) is 5. The average molecular weight is 251 g/mol. The zero-order valence-electron chi connectivity index (χ0n) is 9.60. The highest BCUT2D eigenvalue weighted by Gasteiger charge is 2.31. The quantitative estimate of drug-likeness (QED) is 0.872. The van der Waals surface area contributed by atoms with E-state index in [1.54, 1.807) is 6.92 Å². The number of carbonyl (C=O) groups is 1. The standard InChI is InChI=1S/C11H13N3O2S/c1-3-11(2,10(15)16)14-8-7-4-5-17-9(7)13-6-12-8/h4-6H,3H2,1-2H3,(H,15,16)(H,12,13,14). The molecule has 5 nitrogen and oxygen atoms in total. The van der Waals surface area contributed by atoms with Crippen molar-refractivity contribution in [2.24, 2.45) is 0 Å². The maximum absolute atomic E-state index is 11.2. The summed E-state index contributed by atoms with van der Waals surface area (Å²) >= 11 is 1.50. The number of thiophene rings is 1. The highest BCUT2D eigenvalue weighted by molar-refractivity contribution is 7.16. The summed E-state index contributed by atoms with van der Waals surface area (Å²) in [5, 5.41) is 15.0. The Morgan fingerprint density at radius 1 is 1.59 bits per heavy atom. The minimum Gasteiger partial charge on any atom is -0.480 e. The van der Waals surface area contributed by atoms with Crippen LogP contribution in [0.15, 0.2) is 17.8 Å². The molecule has 0 radical (unpaired) electrons. The molecule has 1 unspecified atom stereocenters. The highest BCUT2D eigenvalue weighted by Crippen LogP contribution is 2.27. The van der Waals surface area contributed by atoms with E-state index in [0.29, 0.717) is 12.2 Å². The van der Waals surface area contributed by atoms with E-state index in [1.165, 1.54) is 17.7 Å². The molecule has 0 aliphatic rings. The molecule has 6 heteroatoms. The van der Waals surface area contributed by atoms with Gasteiger partial charge in [0, 0.05) is 0 Å². The molecule has 0 amide bonds. The zero-order valence-corrected chi connectivity index (χ0v) is 10.4. The Morgan fingerprint density at radius 3 is 3.00 bits per heavy atom. The first-order valence-corrected chi connectivity index (χ1v) is 6.14. The monoisotopic (exact) mass is 251 g/mol. The molecule has 0 aliphatic carbocycles. The molecule has 0 aromatic carbocycles. The first-order chi connectivity index (χ1) is 8.07. The van der Waals surface area contributed by atoms with Gasteiger partial charge < -0.3 is 10.4 Å². The molecule has 2 aromatic heterocycles. The van der Waals surface area contributed by atoms with Gasteiger partial charge in [-0.15, -0.1) is 11.3 Å². The van der Waals surface area contributed by atoms with Crippen LogP contribution in [0.2, 0.25) is 0 Å².